The molecule has 4 heteroatoms. The molecule has 0 aromatic heterocycles. The molecule has 0 saturated heterocycles. The Morgan fingerprint density at radius 2 is 1.72 bits per heavy atom. The lowest BCUT2D eigenvalue weighted by Crippen LogP contribution is -2.27. The van der Waals surface area contributed by atoms with Gasteiger partial charge in [-0.25, -0.2) is 0 Å². The van der Waals surface area contributed by atoms with Crippen molar-refractivity contribution in [2.45, 2.75) is 33.4 Å². The van der Waals surface area contributed by atoms with E-state index in [1.807, 2.05) is 36.4 Å². The summed E-state index contributed by atoms with van der Waals surface area (Å²) >= 11 is 5.92. The lowest BCUT2D eigenvalue weighted by atomic mass is 10.2. The lowest BCUT2D eigenvalue weighted by molar-refractivity contribution is 0.295. The van der Waals surface area contributed by atoms with Crippen LogP contribution >= 0.6 is 11.6 Å². The fourth-order valence-electron chi connectivity index (χ4n) is 2.72. The van der Waals surface area contributed by atoms with E-state index in [1.54, 1.807) is 0 Å². The predicted octanol–water partition coefficient (Wildman–Crippen LogP) is 4.74. The molecule has 0 spiro atoms. The van der Waals surface area contributed by atoms with Crippen LogP contribution in [0.2, 0.25) is 5.02 Å². The maximum absolute atomic E-state index is 6.00. The topological polar surface area (TPSA) is 24.5 Å². The van der Waals surface area contributed by atoms with Gasteiger partial charge in [0.2, 0.25) is 0 Å². The Hall–Kier alpha value is -1.55. The number of nitrogens with one attached hydrogen (secondary N) is 1. The van der Waals surface area contributed by atoms with Crippen LogP contribution in [0.15, 0.2) is 48.5 Å². The first kappa shape index (κ1) is 19.8. The van der Waals surface area contributed by atoms with Crippen molar-refractivity contribution in [2.24, 2.45) is 0 Å². The second-order valence-corrected chi connectivity index (χ2v) is 6.52. The van der Waals surface area contributed by atoms with Crippen molar-refractivity contribution in [1.82, 2.24) is 10.2 Å². The molecule has 0 radical (unpaired) electrons. The van der Waals surface area contributed by atoms with Gasteiger partial charge in [-0.1, -0.05) is 55.8 Å². The summed E-state index contributed by atoms with van der Waals surface area (Å²) in [5, 5.41) is 4.28. The normalized spacial score (nSPS) is 11.0. The van der Waals surface area contributed by atoms with Crippen LogP contribution in [0.3, 0.4) is 0 Å². The molecular weight excluding hydrogens is 332 g/mol. The molecule has 136 valence electrons. The third-order valence-corrected chi connectivity index (χ3v) is 4.57. The molecule has 2 rings (SSSR count). The molecule has 0 aliphatic rings. The second-order valence-electron chi connectivity index (χ2n) is 6.08. The molecule has 1 N–H and O–H groups in total. The van der Waals surface area contributed by atoms with Crippen LogP contribution in [0.4, 0.5) is 0 Å². The fraction of sp³-hybridized carbons (Fsp3) is 0.429. The second kappa shape index (κ2) is 11.1. The van der Waals surface area contributed by atoms with E-state index < -0.39 is 0 Å². The number of para-hydroxylation sites is 1. The number of nitrogens with zero attached hydrogens (tertiary/aromatic N) is 1. The van der Waals surface area contributed by atoms with Crippen molar-refractivity contribution in [2.75, 3.05) is 26.2 Å². The smallest absolute Gasteiger partial charge is 0.124 e. The van der Waals surface area contributed by atoms with Crippen LogP contribution < -0.4 is 10.1 Å². The number of rotatable bonds is 11. The molecule has 0 atom stereocenters. The zero-order chi connectivity index (χ0) is 17.9. The largest absolute Gasteiger partial charge is 0.489 e. The zero-order valence-electron chi connectivity index (χ0n) is 15.3. The Morgan fingerprint density at radius 3 is 2.44 bits per heavy atom. The van der Waals surface area contributed by atoms with Crippen molar-refractivity contribution >= 4 is 11.6 Å². The van der Waals surface area contributed by atoms with Gasteiger partial charge < -0.3 is 15.0 Å². The van der Waals surface area contributed by atoms with Crippen molar-refractivity contribution < 1.29 is 4.74 Å². The monoisotopic (exact) mass is 360 g/mol. The van der Waals surface area contributed by atoms with Crippen LogP contribution in [-0.2, 0) is 13.2 Å². The molecule has 3 nitrogen and oxygen atoms in total. The van der Waals surface area contributed by atoms with Gasteiger partial charge in [0.1, 0.15) is 12.4 Å². The number of ether oxygens (including phenoxy) is 1. The highest BCUT2D eigenvalue weighted by Gasteiger charge is 2.04. The van der Waals surface area contributed by atoms with Crippen molar-refractivity contribution in [1.29, 1.82) is 0 Å². The van der Waals surface area contributed by atoms with Gasteiger partial charge in [0.25, 0.3) is 0 Å². The lowest BCUT2D eigenvalue weighted by Gasteiger charge is -2.18. The summed E-state index contributed by atoms with van der Waals surface area (Å²) in [5.74, 6) is 0.939. The summed E-state index contributed by atoms with van der Waals surface area (Å²) in [6.07, 6.45) is 1.16. The molecule has 0 unspecified atom stereocenters. The average molecular weight is 361 g/mol. The van der Waals surface area contributed by atoms with E-state index in [0.29, 0.717) is 6.61 Å². The fourth-order valence-corrected chi connectivity index (χ4v) is 2.85. The highest BCUT2D eigenvalue weighted by Crippen LogP contribution is 2.19. The molecule has 0 aliphatic carbocycles. The van der Waals surface area contributed by atoms with Gasteiger partial charge in [0, 0.05) is 17.1 Å². The van der Waals surface area contributed by atoms with Crippen LogP contribution in [0.5, 0.6) is 5.75 Å². The van der Waals surface area contributed by atoms with E-state index >= 15 is 0 Å². The minimum Gasteiger partial charge on any atom is -0.489 e. The third-order valence-electron chi connectivity index (χ3n) is 4.32. The highest BCUT2D eigenvalue weighted by atomic mass is 35.5. The Balaban J connectivity index is 1.78. The molecule has 25 heavy (non-hydrogen) atoms. The molecule has 0 aliphatic heterocycles. The number of hydrogen-bond donors (Lipinski definition) is 1. The van der Waals surface area contributed by atoms with E-state index in [0.717, 1.165) is 55.5 Å². The quantitative estimate of drug-likeness (QED) is 0.586. The molecule has 2 aromatic carbocycles. The standard InChI is InChI=1S/C21H29ClN2O/c1-3-24(4-2)15-7-14-23-16-19-8-5-6-9-21(19)25-17-18-10-12-20(22)13-11-18/h5-6,8-13,23H,3-4,7,14-17H2,1-2H3. The molecular formula is C21H29ClN2O. The van der Waals surface area contributed by atoms with Gasteiger partial charge in [-0.05, 0) is 56.4 Å². The first-order valence-electron chi connectivity index (χ1n) is 9.11. The molecule has 0 fully saturated rings. The summed E-state index contributed by atoms with van der Waals surface area (Å²) in [6.45, 7) is 10.2. The minimum absolute atomic E-state index is 0.552. The minimum atomic E-state index is 0.552. The zero-order valence-corrected chi connectivity index (χ0v) is 16.1. The number of hydrogen-bond acceptors (Lipinski definition) is 3. The summed E-state index contributed by atoms with van der Waals surface area (Å²) in [5.41, 5.74) is 2.31. The summed E-state index contributed by atoms with van der Waals surface area (Å²) in [7, 11) is 0. The van der Waals surface area contributed by atoms with Gasteiger partial charge in [-0.15, -0.1) is 0 Å². The van der Waals surface area contributed by atoms with Crippen LogP contribution in [0.1, 0.15) is 31.4 Å². The molecule has 0 heterocycles. The molecule has 0 saturated carbocycles. The van der Waals surface area contributed by atoms with E-state index in [-0.39, 0.29) is 0 Å². The predicted molar refractivity (Wildman–Crippen MR) is 106 cm³/mol. The van der Waals surface area contributed by atoms with Gasteiger partial charge in [-0.3, -0.25) is 0 Å². The Bertz CT molecular complexity index is 612. The third kappa shape index (κ3) is 7.07. The van der Waals surface area contributed by atoms with Gasteiger partial charge in [-0.2, -0.15) is 0 Å². The number of halogens is 1. The Kier molecular flexibility index (Phi) is 8.81. The Labute approximate surface area is 156 Å². The first-order valence-corrected chi connectivity index (χ1v) is 9.49. The van der Waals surface area contributed by atoms with Crippen molar-refractivity contribution in [3.63, 3.8) is 0 Å². The number of benzene rings is 2. The maximum Gasteiger partial charge on any atom is 0.124 e. The summed E-state index contributed by atoms with van der Waals surface area (Å²) in [4.78, 5) is 2.45. The Morgan fingerprint density at radius 1 is 1.00 bits per heavy atom. The van der Waals surface area contributed by atoms with Gasteiger partial charge >= 0.3 is 0 Å². The van der Waals surface area contributed by atoms with E-state index in [1.165, 1.54) is 5.56 Å². The van der Waals surface area contributed by atoms with E-state index in [4.69, 9.17) is 16.3 Å². The van der Waals surface area contributed by atoms with Crippen LogP contribution in [0.25, 0.3) is 0 Å². The van der Waals surface area contributed by atoms with Crippen molar-refractivity contribution in [3.8, 4) is 5.75 Å². The average Bonchev–Trinajstić information content (AvgIpc) is 2.65. The van der Waals surface area contributed by atoms with Crippen LogP contribution in [-0.4, -0.2) is 31.1 Å². The van der Waals surface area contributed by atoms with Crippen molar-refractivity contribution in [3.05, 3.63) is 64.7 Å². The first-order chi connectivity index (χ1) is 12.2. The van der Waals surface area contributed by atoms with E-state index in [2.05, 4.69) is 36.2 Å². The van der Waals surface area contributed by atoms with Crippen LogP contribution in [0, 0.1) is 0 Å². The van der Waals surface area contributed by atoms with Gasteiger partial charge in [0.15, 0.2) is 0 Å². The molecule has 0 amide bonds. The summed E-state index contributed by atoms with van der Waals surface area (Å²) in [6, 6.07) is 16.0. The van der Waals surface area contributed by atoms with E-state index in [9.17, 15) is 0 Å². The molecule has 2 aromatic rings. The SMILES string of the molecule is CCN(CC)CCCNCc1ccccc1OCc1ccc(Cl)cc1. The van der Waals surface area contributed by atoms with Gasteiger partial charge in [0.05, 0.1) is 0 Å². The highest BCUT2D eigenvalue weighted by molar-refractivity contribution is 6.30. The maximum atomic E-state index is 6.00. The molecule has 0 bridgehead atoms. The summed E-state index contributed by atoms with van der Waals surface area (Å²) < 4.78 is 6.00.